The Bertz CT molecular complexity index is 786. The zero-order valence-electron chi connectivity index (χ0n) is 11.1. The Morgan fingerprint density at radius 1 is 1.10 bits per heavy atom. The maximum Gasteiger partial charge on any atom is 0.137 e. The van der Waals surface area contributed by atoms with Gasteiger partial charge in [-0.05, 0) is 41.0 Å². The minimum absolute atomic E-state index is 0.232. The second-order valence-corrected chi connectivity index (χ2v) is 4.62. The molecule has 21 heavy (non-hydrogen) atoms. The average molecular weight is 276 g/mol. The van der Waals surface area contributed by atoms with E-state index >= 15 is 0 Å². The summed E-state index contributed by atoms with van der Waals surface area (Å²) in [6.45, 7) is 0.495. The van der Waals surface area contributed by atoms with Crippen molar-refractivity contribution in [3.63, 3.8) is 0 Å². The van der Waals surface area contributed by atoms with Gasteiger partial charge in [0.2, 0.25) is 0 Å². The maximum absolute atomic E-state index is 9.35. The van der Waals surface area contributed by atoms with Crippen LogP contribution in [0.4, 0.5) is 0 Å². The van der Waals surface area contributed by atoms with Gasteiger partial charge in [-0.15, -0.1) is 0 Å². The quantitative estimate of drug-likeness (QED) is 0.797. The van der Waals surface area contributed by atoms with Crippen LogP contribution in [0.2, 0.25) is 0 Å². The molecule has 0 aliphatic rings. The van der Waals surface area contributed by atoms with Gasteiger partial charge in [0.25, 0.3) is 0 Å². The van der Waals surface area contributed by atoms with Gasteiger partial charge in [-0.3, -0.25) is 0 Å². The van der Waals surface area contributed by atoms with Gasteiger partial charge in [0, 0.05) is 0 Å². The average Bonchev–Trinajstić information content (AvgIpc) is 3.01. The molecule has 1 N–H and O–H groups in total. The molecule has 0 radical (unpaired) electrons. The van der Waals surface area contributed by atoms with Gasteiger partial charge in [0.05, 0.1) is 18.2 Å². The maximum atomic E-state index is 9.35. The third-order valence-corrected chi connectivity index (χ3v) is 3.23. The van der Waals surface area contributed by atoms with E-state index in [4.69, 9.17) is 0 Å². The van der Waals surface area contributed by atoms with Gasteiger partial charge >= 0.3 is 0 Å². The van der Waals surface area contributed by atoms with Gasteiger partial charge in [0.15, 0.2) is 0 Å². The van der Waals surface area contributed by atoms with E-state index in [1.54, 1.807) is 29.2 Å². The zero-order valence-corrected chi connectivity index (χ0v) is 11.1. The fraction of sp³-hybridized carbons (Fsp3) is 0.0625. The van der Waals surface area contributed by atoms with Gasteiger partial charge in [-0.2, -0.15) is 10.4 Å². The predicted molar refractivity (Wildman–Crippen MR) is 77.4 cm³/mol. The largest absolute Gasteiger partial charge is 0.508 e. The van der Waals surface area contributed by atoms with E-state index in [-0.39, 0.29) is 5.75 Å². The molecule has 5 nitrogen and oxygen atoms in total. The lowest BCUT2D eigenvalue weighted by atomic mass is 9.99. The van der Waals surface area contributed by atoms with Crippen LogP contribution < -0.4 is 0 Å². The van der Waals surface area contributed by atoms with E-state index < -0.39 is 0 Å². The van der Waals surface area contributed by atoms with Crippen LogP contribution in [0, 0.1) is 11.3 Å². The molecule has 2 aromatic carbocycles. The van der Waals surface area contributed by atoms with Crippen LogP contribution in [-0.2, 0) is 6.54 Å². The van der Waals surface area contributed by atoms with Crippen LogP contribution in [0.25, 0.3) is 11.1 Å². The SMILES string of the molecule is N#Cc1ccc(-c2ccc(O)cc2)cc1Cn1cncn1. The molecule has 0 aliphatic heterocycles. The molecule has 0 atom stereocenters. The number of benzene rings is 2. The molecule has 0 saturated carbocycles. The summed E-state index contributed by atoms with van der Waals surface area (Å²) in [4.78, 5) is 3.91. The number of nitrogens with zero attached hydrogens (tertiary/aromatic N) is 4. The number of nitriles is 1. The minimum atomic E-state index is 0.232. The van der Waals surface area contributed by atoms with Crippen LogP contribution >= 0.6 is 0 Å². The number of phenols is 1. The highest BCUT2D eigenvalue weighted by Gasteiger charge is 2.07. The fourth-order valence-corrected chi connectivity index (χ4v) is 2.16. The van der Waals surface area contributed by atoms with E-state index in [9.17, 15) is 10.4 Å². The van der Waals surface area contributed by atoms with Crippen LogP contribution in [0.3, 0.4) is 0 Å². The third kappa shape index (κ3) is 2.74. The fourth-order valence-electron chi connectivity index (χ4n) is 2.16. The van der Waals surface area contributed by atoms with Crippen LogP contribution in [0.15, 0.2) is 55.1 Å². The Labute approximate surface area is 121 Å². The smallest absolute Gasteiger partial charge is 0.137 e. The molecule has 0 spiro atoms. The molecule has 1 aromatic heterocycles. The molecular weight excluding hydrogens is 264 g/mol. The van der Waals surface area contributed by atoms with Crippen LogP contribution in [0.1, 0.15) is 11.1 Å². The molecule has 0 saturated heterocycles. The van der Waals surface area contributed by atoms with Gasteiger partial charge in [0.1, 0.15) is 18.4 Å². The number of hydrogen-bond donors (Lipinski definition) is 1. The Kier molecular flexibility index (Phi) is 3.36. The first-order valence-electron chi connectivity index (χ1n) is 6.41. The number of hydrogen-bond acceptors (Lipinski definition) is 4. The molecule has 0 unspecified atom stereocenters. The van der Waals surface area contributed by atoms with E-state index in [0.717, 1.165) is 16.7 Å². The Hall–Kier alpha value is -3.13. The normalized spacial score (nSPS) is 10.2. The van der Waals surface area contributed by atoms with Crippen LogP contribution in [-0.4, -0.2) is 19.9 Å². The molecule has 1 heterocycles. The topological polar surface area (TPSA) is 74.7 Å². The molecule has 3 aromatic rings. The summed E-state index contributed by atoms with van der Waals surface area (Å²) in [5.41, 5.74) is 3.47. The van der Waals surface area contributed by atoms with Gasteiger partial charge in [-0.1, -0.05) is 18.2 Å². The van der Waals surface area contributed by atoms with Crippen molar-refractivity contribution in [3.05, 3.63) is 66.2 Å². The molecule has 0 fully saturated rings. The summed E-state index contributed by atoms with van der Waals surface area (Å²) in [6, 6.07) is 14.8. The molecule has 0 amide bonds. The van der Waals surface area contributed by atoms with Gasteiger partial charge in [-0.25, -0.2) is 9.67 Å². The number of phenolic OH excluding ortho intramolecular Hbond substituents is 1. The first-order chi connectivity index (χ1) is 10.3. The molecular formula is C16H12N4O. The lowest BCUT2D eigenvalue weighted by Gasteiger charge is -2.08. The molecule has 102 valence electrons. The highest BCUT2D eigenvalue weighted by Crippen LogP contribution is 2.24. The van der Waals surface area contributed by atoms with Gasteiger partial charge < -0.3 is 5.11 Å². The lowest BCUT2D eigenvalue weighted by Crippen LogP contribution is -2.02. The summed E-state index contributed by atoms with van der Waals surface area (Å²) in [5.74, 6) is 0.232. The van der Waals surface area contributed by atoms with Crippen molar-refractivity contribution in [1.82, 2.24) is 14.8 Å². The number of aromatic hydroxyl groups is 1. The summed E-state index contributed by atoms with van der Waals surface area (Å²) in [6.07, 6.45) is 3.09. The van der Waals surface area contributed by atoms with Crippen LogP contribution in [0.5, 0.6) is 5.75 Å². The predicted octanol–water partition coefficient (Wildman–Crippen LogP) is 2.57. The van der Waals surface area contributed by atoms with Crippen molar-refractivity contribution in [2.45, 2.75) is 6.54 Å². The standard InChI is InChI=1S/C16H12N4O/c17-8-14-2-1-13(12-3-5-16(21)6-4-12)7-15(14)9-20-11-18-10-19-20/h1-7,10-11,21H,9H2. The first-order valence-corrected chi connectivity index (χ1v) is 6.41. The van der Waals surface area contributed by atoms with Crippen molar-refractivity contribution >= 4 is 0 Å². The summed E-state index contributed by atoms with van der Waals surface area (Å²) in [5, 5.41) is 22.6. The summed E-state index contributed by atoms with van der Waals surface area (Å²) in [7, 11) is 0. The summed E-state index contributed by atoms with van der Waals surface area (Å²) < 4.78 is 1.68. The van der Waals surface area contributed by atoms with Crippen molar-refractivity contribution in [3.8, 4) is 22.9 Å². The van der Waals surface area contributed by atoms with Crippen molar-refractivity contribution in [2.24, 2.45) is 0 Å². The van der Waals surface area contributed by atoms with Crippen molar-refractivity contribution in [1.29, 1.82) is 5.26 Å². The zero-order chi connectivity index (χ0) is 14.7. The first kappa shape index (κ1) is 12.9. The van der Waals surface area contributed by atoms with Crippen molar-refractivity contribution in [2.75, 3.05) is 0 Å². The minimum Gasteiger partial charge on any atom is -0.508 e. The molecule has 0 aliphatic carbocycles. The van der Waals surface area contributed by atoms with E-state index in [1.807, 2.05) is 24.3 Å². The highest BCUT2D eigenvalue weighted by atomic mass is 16.3. The molecule has 3 rings (SSSR count). The Balaban J connectivity index is 2.00. The Morgan fingerprint density at radius 3 is 2.52 bits per heavy atom. The second-order valence-electron chi connectivity index (χ2n) is 4.62. The summed E-state index contributed by atoms with van der Waals surface area (Å²) >= 11 is 0. The monoisotopic (exact) mass is 276 g/mol. The van der Waals surface area contributed by atoms with E-state index in [2.05, 4.69) is 16.2 Å². The number of aromatic nitrogens is 3. The second kappa shape index (κ2) is 5.47. The highest BCUT2D eigenvalue weighted by molar-refractivity contribution is 5.66. The van der Waals surface area contributed by atoms with E-state index in [0.29, 0.717) is 12.1 Å². The molecule has 0 bridgehead atoms. The Morgan fingerprint density at radius 2 is 1.86 bits per heavy atom. The third-order valence-electron chi connectivity index (χ3n) is 3.23. The number of rotatable bonds is 3. The van der Waals surface area contributed by atoms with E-state index in [1.165, 1.54) is 6.33 Å². The van der Waals surface area contributed by atoms with Crippen molar-refractivity contribution < 1.29 is 5.11 Å². The molecule has 5 heteroatoms. The lowest BCUT2D eigenvalue weighted by molar-refractivity contribution is 0.475.